The Balaban J connectivity index is 2.70. The van der Waals surface area contributed by atoms with Crippen LogP contribution in [0.5, 0.6) is 0 Å². The molecule has 84 valence electrons. The van der Waals surface area contributed by atoms with Crippen molar-refractivity contribution < 1.29 is 4.21 Å². The molecule has 15 heavy (non-hydrogen) atoms. The molecule has 0 bridgehead atoms. The van der Waals surface area contributed by atoms with Crippen LogP contribution in [0.3, 0.4) is 0 Å². The first kappa shape index (κ1) is 12.4. The van der Waals surface area contributed by atoms with Crippen molar-refractivity contribution in [3.63, 3.8) is 0 Å². The minimum Gasteiger partial charge on any atom is -0.260 e. The maximum atomic E-state index is 11.1. The molecule has 0 aromatic heterocycles. The Morgan fingerprint density at radius 2 is 1.80 bits per heavy atom. The van der Waals surface area contributed by atoms with E-state index in [4.69, 9.17) is 0 Å². The average molecular weight is 224 g/mol. The van der Waals surface area contributed by atoms with Crippen LogP contribution in [-0.2, 0) is 10.8 Å². The quantitative estimate of drug-likeness (QED) is 0.750. The summed E-state index contributed by atoms with van der Waals surface area (Å²) in [5.41, 5.74) is 1.37. The summed E-state index contributed by atoms with van der Waals surface area (Å²) in [7, 11) is -0.676. The summed E-state index contributed by atoms with van der Waals surface area (Å²) in [6.07, 6.45) is 2.80. The lowest BCUT2D eigenvalue weighted by Crippen LogP contribution is -2.10. The number of benzene rings is 1. The smallest absolute Gasteiger partial charge is 0.0237 e. The second kappa shape index (κ2) is 6.06. The summed E-state index contributed by atoms with van der Waals surface area (Å²) in [5, 5.41) is 0. The standard InChI is InChI=1S/C13H20OS/c1-11(2)13(9-10-15(3)14)12-7-5-4-6-8-12/h4-8,11,13H,9-10H2,1-3H3. The fraction of sp³-hybridized carbons (Fsp3) is 0.538. The predicted octanol–water partition coefficient (Wildman–Crippen LogP) is 3.19. The summed E-state index contributed by atoms with van der Waals surface area (Å²) in [5.74, 6) is 1.95. The Morgan fingerprint density at radius 3 is 2.27 bits per heavy atom. The third kappa shape index (κ3) is 4.17. The van der Waals surface area contributed by atoms with Crippen molar-refractivity contribution in [2.75, 3.05) is 12.0 Å². The van der Waals surface area contributed by atoms with E-state index in [9.17, 15) is 4.21 Å². The van der Waals surface area contributed by atoms with Crippen molar-refractivity contribution in [2.45, 2.75) is 26.2 Å². The van der Waals surface area contributed by atoms with Crippen LogP contribution >= 0.6 is 0 Å². The number of rotatable bonds is 5. The van der Waals surface area contributed by atoms with E-state index in [0.29, 0.717) is 11.8 Å². The highest BCUT2D eigenvalue weighted by Gasteiger charge is 2.15. The monoisotopic (exact) mass is 224 g/mol. The van der Waals surface area contributed by atoms with Gasteiger partial charge in [0.25, 0.3) is 0 Å². The van der Waals surface area contributed by atoms with E-state index in [-0.39, 0.29) is 0 Å². The van der Waals surface area contributed by atoms with Crippen molar-refractivity contribution in [3.8, 4) is 0 Å². The van der Waals surface area contributed by atoms with Crippen LogP contribution in [0, 0.1) is 5.92 Å². The molecule has 2 heteroatoms. The van der Waals surface area contributed by atoms with Crippen molar-refractivity contribution in [1.29, 1.82) is 0 Å². The molecule has 0 saturated carbocycles. The fourth-order valence-corrected chi connectivity index (χ4v) is 2.46. The molecule has 0 spiro atoms. The molecule has 0 aliphatic rings. The maximum Gasteiger partial charge on any atom is 0.0237 e. The minimum absolute atomic E-state index is 0.537. The summed E-state index contributed by atoms with van der Waals surface area (Å²) in [4.78, 5) is 0. The molecule has 1 nitrogen and oxygen atoms in total. The van der Waals surface area contributed by atoms with Gasteiger partial charge in [-0.15, -0.1) is 0 Å². The lowest BCUT2D eigenvalue weighted by molar-refractivity contribution is 0.486. The van der Waals surface area contributed by atoms with Gasteiger partial charge in [-0.05, 0) is 23.8 Å². The van der Waals surface area contributed by atoms with E-state index in [0.717, 1.165) is 12.2 Å². The van der Waals surface area contributed by atoms with Gasteiger partial charge in [-0.3, -0.25) is 4.21 Å². The van der Waals surface area contributed by atoms with Crippen LogP contribution in [-0.4, -0.2) is 16.2 Å². The maximum absolute atomic E-state index is 11.1. The Labute approximate surface area is 95.4 Å². The molecule has 0 fully saturated rings. The van der Waals surface area contributed by atoms with Gasteiger partial charge in [0.1, 0.15) is 0 Å². The topological polar surface area (TPSA) is 17.1 Å². The Hall–Kier alpha value is -0.630. The fourth-order valence-electron chi connectivity index (χ4n) is 1.88. The molecule has 2 unspecified atom stereocenters. The molecule has 1 aromatic rings. The van der Waals surface area contributed by atoms with Crippen molar-refractivity contribution in [2.24, 2.45) is 5.92 Å². The minimum atomic E-state index is -0.676. The molecule has 0 radical (unpaired) electrons. The van der Waals surface area contributed by atoms with Crippen LogP contribution in [0.2, 0.25) is 0 Å². The third-order valence-corrected chi connectivity index (χ3v) is 3.56. The van der Waals surface area contributed by atoms with Crippen molar-refractivity contribution >= 4 is 10.8 Å². The lowest BCUT2D eigenvalue weighted by Gasteiger charge is -2.20. The molecule has 0 amide bonds. The van der Waals surface area contributed by atoms with Crippen LogP contribution in [0.25, 0.3) is 0 Å². The molecule has 0 aliphatic carbocycles. The zero-order chi connectivity index (χ0) is 11.3. The lowest BCUT2D eigenvalue weighted by atomic mass is 9.86. The van der Waals surface area contributed by atoms with Gasteiger partial charge in [-0.25, -0.2) is 0 Å². The summed E-state index contributed by atoms with van der Waals surface area (Å²) >= 11 is 0. The molecule has 1 rings (SSSR count). The van der Waals surface area contributed by atoms with Crippen LogP contribution < -0.4 is 0 Å². The molecule has 0 aliphatic heterocycles. The highest BCUT2D eigenvalue weighted by Crippen LogP contribution is 2.27. The van der Waals surface area contributed by atoms with Crippen molar-refractivity contribution in [3.05, 3.63) is 35.9 Å². The second-order valence-corrected chi connectivity index (χ2v) is 5.88. The Morgan fingerprint density at radius 1 is 1.20 bits per heavy atom. The van der Waals surface area contributed by atoms with E-state index >= 15 is 0 Å². The van der Waals surface area contributed by atoms with Gasteiger partial charge >= 0.3 is 0 Å². The highest BCUT2D eigenvalue weighted by molar-refractivity contribution is 7.84. The molecular weight excluding hydrogens is 204 g/mol. The zero-order valence-corrected chi connectivity index (χ0v) is 10.6. The first-order valence-corrected chi connectivity index (χ1v) is 7.19. The van der Waals surface area contributed by atoms with Gasteiger partial charge in [-0.1, -0.05) is 44.2 Å². The van der Waals surface area contributed by atoms with Crippen LogP contribution in [0.4, 0.5) is 0 Å². The molecule has 0 saturated heterocycles. The van der Waals surface area contributed by atoms with Gasteiger partial charge in [-0.2, -0.15) is 0 Å². The average Bonchev–Trinajstić information content (AvgIpc) is 2.18. The summed E-state index contributed by atoms with van der Waals surface area (Å²) < 4.78 is 11.1. The molecule has 0 N–H and O–H groups in total. The summed E-state index contributed by atoms with van der Waals surface area (Å²) in [6.45, 7) is 4.46. The first-order valence-electron chi connectivity index (χ1n) is 5.46. The highest BCUT2D eigenvalue weighted by atomic mass is 32.2. The van der Waals surface area contributed by atoms with E-state index in [1.54, 1.807) is 6.26 Å². The van der Waals surface area contributed by atoms with Crippen LogP contribution in [0.15, 0.2) is 30.3 Å². The van der Waals surface area contributed by atoms with Gasteiger partial charge in [0.2, 0.25) is 0 Å². The Bertz CT molecular complexity index is 306. The molecule has 2 atom stereocenters. The third-order valence-electron chi connectivity index (χ3n) is 2.75. The second-order valence-electron chi connectivity index (χ2n) is 4.33. The van der Waals surface area contributed by atoms with E-state index in [2.05, 4.69) is 38.1 Å². The van der Waals surface area contributed by atoms with Crippen LogP contribution in [0.1, 0.15) is 31.7 Å². The van der Waals surface area contributed by atoms with Gasteiger partial charge in [0.05, 0.1) is 0 Å². The molecular formula is C13H20OS. The van der Waals surface area contributed by atoms with E-state index in [1.807, 2.05) is 6.07 Å². The van der Waals surface area contributed by atoms with E-state index in [1.165, 1.54) is 5.56 Å². The number of hydrogen-bond acceptors (Lipinski definition) is 1. The SMILES string of the molecule is CC(C)C(CCS(C)=O)c1ccccc1. The normalized spacial score (nSPS) is 15.2. The zero-order valence-electron chi connectivity index (χ0n) is 9.77. The van der Waals surface area contributed by atoms with Gasteiger partial charge < -0.3 is 0 Å². The van der Waals surface area contributed by atoms with Crippen molar-refractivity contribution in [1.82, 2.24) is 0 Å². The largest absolute Gasteiger partial charge is 0.260 e. The predicted molar refractivity (Wildman–Crippen MR) is 67.6 cm³/mol. The molecule has 1 aromatic carbocycles. The molecule has 0 heterocycles. The van der Waals surface area contributed by atoms with E-state index < -0.39 is 10.8 Å². The number of hydrogen-bond donors (Lipinski definition) is 0. The van der Waals surface area contributed by atoms with Gasteiger partial charge in [0.15, 0.2) is 0 Å². The summed E-state index contributed by atoms with van der Waals surface area (Å²) in [6, 6.07) is 10.5. The Kier molecular flexibility index (Phi) is 5.03. The van der Waals surface area contributed by atoms with Gasteiger partial charge in [0, 0.05) is 22.8 Å². The first-order chi connectivity index (χ1) is 7.11.